The van der Waals surface area contributed by atoms with E-state index in [1.807, 2.05) is 28.3 Å². The maximum atomic E-state index is 12.2. The minimum absolute atomic E-state index is 0.140. The molecule has 4 heteroatoms. The monoisotopic (exact) mass is 276 g/mol. The molecule has 1 fully saturated rings. The molecule has 2 aromatic heterocycles. The maximum absolute atomic E-state index is 12.2. The highest BCUT2D eigenvalue weighted by Crippen LogP contribution is 2.23. The van der Waals surface area contributed by atoms with Gasteiger partial charge in [0.15, 0.2) is 0 Å². The molecule has 0 saturated heterocycles. The topological polar surface area (TPSA) is 34.0 Å². The predicted molar refractivity (Wildman–Crippen MR) is 80.9 cm³/mol. The number of aromatic nitrogens is 1. The Hall–Kier alpha value is -1.13. The lowest BCUT2D eigenvalue weighted by atomic mass is 10.1. The summed E-state index contributed by atoms with van der Waals surface area (Å²) in [5, 5.41) is 6.32. The van der Waals surface area contributed by atoms with Crippen LogP contribution in [0.25, 0.3) is 10.1 Å². The molecule has 1 N–H and O–H groups in total. The normalized spacial score (nSPS) is 16.4. The van der Waals surface area contributed by atoms with E-state index in [1.54, 1.807) is 11.3 Å². The van der Waals surface area contributed by atoms with Gasteiger partial charge in [-0.3, -0.25) is 4.79 Å². The highest BCUT2D eigenvalue weighted by Gasteiger charge is 2.13. The van der Waals surface area contributed by atoms with Crippen LogP contribution in [0.1, 0.15) is 25.7 Å². The lowest BCUT2D eigenvalue weighted by Crippen LogP contribution is -2.29. The summed E-state index contributed by atoms with van der Waals surface area (Å²) in [6.07, 6.45) is 7.43. The maximum Gasteiger partial charge on any atom is 0.259 e. The molecule has 1 saturated carbocycles. The third-order valence-corrected chi connectivity index (χ3v) is 4.91. The molecule has 3 rings (SSSR count). The second-order valence-corrected chi connectivity index (χ2v) is 6.32. The fraction of sp³-hybridized carbons (Fsp3) is 0.533. The molecule has 0 aliphatic heterocycles. The van der Waals surface area contributed by atoms with Crippen molar-refractivity contribution in [2.45, 2.75) is 32.2 Å². The van der Waals surface area contributed by atoms with Crippen molar-refractivity contribution in [1.82, 2.24) is 9.88 Å². The van der Waals surface area contributed by atoms with Gasteiger partial charge in [-0.1, -0.05) is 12.8 Å². The second kappa shape index (κ2) is 5.88. The first-order valence-corrected chi connectivity index (χ1v) is 8.00. The van der Waals surface area contributed by atoms with Crippen molar-refractivity contribution in [3.63, 3.8) is 0 Å². The van der Waals surface area contributed by atoms with Gasteiger partial charge in [-0.05, 0) is 42.8 Å². The van der Waals surface area contributed by atoms with Crippen molar-refractivity contribution in [3.05, 3.63) is 34.1 Å². The van der Waals surface area contributed by atoms with E-state index in [4.69, 9.17) is 0 Å². The zero-order valence-corrected chi connectivity index (χ0v) is 11.9. The van der Waals surface area contributed by atoms with Crippen LogP contribution in [0.2, 0.25) is 0 Å². The van der Waals surface area contributed by atoms with E-state index in [1.165, 1.54) is 25.7 Å². The van der Waals surface area contributed by atoms with Crippen LogP contribution in [0.5, 0.6) is 0 Å². The Labute approximate surface area is 117 Å². The van der Waals surface area contributed by atoms with Crippen LogP contribution in [0, 0.1) is 5.92 Å². The predicted octanol–water partition coefficient (Wildman–Crippen LogP) is 2.84. The number of fused-ring (bicyclic) bond motifs is 1. The van der Waals surface area contributed by atoms with E-state index in [-0.39, 0.29) is 5.56 Å². The summed E-state index contributed by atoms with van der Waals surface area (Å²) in [4.78, 5) is 12.2. The SMILES string of the molecule is O=c1c2ccsc2ccn1CCNCC1CCCC1. The standard InChI is InChI=1S/C15H20N2OS/c18-15-13-6-10-19-14(13)5-8-17(15)9-7-16-11-12-3-1-2-4-12/h5-6,8,10,12,16H,1-4,7,9,11H2. The molecule has 0 bridgehead atoms. The molecule has 102 valence electrons. The van der Waals surface area contributed by atoms with Gasteiger partial charge in [0.2, 0.25) is 0 Å². The molecular formula is C15H20N2OS. The van der Waals surface area contributed by atoms with Crippen LogP contribution < -0.4 is 10.9 Å². The molecule has 1 aliphatic carbocycles. The van der Waals surface area contributed by atoms with E-state index in [2.05, 4.69) is 5.32 Å². The largest absolute Gasteiger partial charge is 0.315 e. The van der Waals surface area contributed by atoms with Crippen molar-refractivity contribution < 1.29 is 0 Å². The highest BCUT2D eigenvalue weighted by molar-refractivity contribution is 7.17. The first kappa shape index (κ1) is 12.9. The molecule has 2 aromatic rings. The fourth-order valence-corrected chi connectivity index (χ4v) is 3.68. The van der Waals surface area contributed by atoms with Gasteiger partial charge in [0.25, 0.3) is 5.56 Å². The zero-order valence-electron chi connectivity index (χ0n) is 11.1. The molecule has 0 unspecified atom stereocenters. The average Bonchev–Trinajstić information content (AvgIpc) is 3.08. The van der Waals surface area contributed by atoms with Crippen LogP contribution in [0.3, 0.4) is 0 Å². The molecule has 0 aromatic carbocycles. The molecule has 2 heterocycles. The van der Waals surface area contributed by atoms with E-state index < -0.39 is 0 Å². The Morgan fingerprint density at radius 1 is 1.32 bits per heavy atom. The first-order chi connectivity index (χ1) is 9.34. The summed E-state index contributed by atoms with van der Waals surface area (Å²) < 4.78 is 2.90. The number of pyridine rings is 1. The lowest BCUT2D eigenvalue weighted by molar-refractivity contribution is 0.474. The Morgan fingerprint density at radius 3 is 3.00 bits per heavy atom. The minimum Gasteiger partial charge on any atom is -0.315 e. The van der Waals surface area contributed by atoms with Crippen molar-refractivity contribution in [1.29, 1.82) is 0 Å². The Morgan fingerprint density at radius 2 is 2.16 bits per heavy atom. The zero-order chi connectivity index (χ0) is 13.1. The number of hydrogen-bond acceptors (Lipinski definition) is 3. The fourth-order valence-electron chi connectivity index (χ4n) is 2.90. The van der Waals surface area contributed by atoms with Crippen molar-refractivity contribution in [3.8, 4) is 0 Å². The van der Waals surface area contributed by atoms with Gasteiger partial charge >= 0.3 is 0 Å². The Bertz CT molecular complexity index is 595. The summed E-state index contributed by atoms with van der Waals surface area (Å²) in [5.41, 5.74) is 0.140. The molecule has 0 spiro atoms. The highest BCUT2D eigenvalue weighted by atomic mass is 32.1. The van der Waals surface area contributed by atoms with Gasteiger partial charge in [-0.25, -0.2) is 0 Å². The van der Waals surface area contributed by atoms with E-state index >= 15 is 0 Å². The quantitative estimate of drug-likeness (QED) is 0.852. The Balaban J connectivity index is 1.56. The van der Waals surface area contributed by atoms with Gasteiger partial charge in [0.1, 0.15) is 0 Å². The van der Waals surface area contributed by atoms with E-state index in [9.17, 15) is 4.79 Å². The lowest BCUT2D eigenvalue weighted by Gasteiger charge is -2.11. The van der Waals surface area contributed by atoms with Gasteiger partial charge < -0.3 is 9.88 Å². The van der Waals surface area contributed by atoms with Gasteiger partial charge in [0, 0.05) is 24.0 Å². The first-order valence-electron chi connectivity index (χ1n) is 7.12. The van der Waals surface area contributed by atoms with Gasteiger partial charge in [-0.15, -0.1) is 11.3 Å². The molecular weight excluding hydrogens is 256 g/mol. The summed E-state index contributed by atoms with van der Waals surface area (Å²) in [6, 6.07) is 3.96. The van der Waals surface area contributed by atoms with Crippen LogP contribution in [0.15, 0.2) is 28.5 Å². The summed E-state index contributed by atoms with van der Waals surface area (Å²) in [5.74, 6) is 0.857. The molecule has 0 radical (unpaired) electrons. The van der Waals surface area contributed by atoms with E-state index in [0.717, 1.165) is 35.6 Å². The van der Waals surface area contributed by atoms with E-state index in [0.29, 0.717) is 0 Å². The number of rotatable bonds is 5. The van der Waals surface area contributed by atoms with Gasteiger partial charge in [-0.2, -0.15) is 0 Å². The molecule has 3 nitrogen and oxygen atoms in total. The minimum atomic E-state index is 0.140. The molecule has 19 heavy (non-hydrogen) atoms. The molecule has 0 amide bonds. The van der Waals surface area contributed by atoms with Crippen LogP contribution in [0.4, 0.5) is 0 Å². The second-order valence-electron chi connectivity index (χ2n) is 5.37. The number of nitrogens with one attached hydrogen (secondary N) is 1. The van der Waals surface area contributed by atoms with Crippen molar-refractivity contribution in [2.24, 2.45) is 5.92 Å². The van der Waals surface area contributed by atoms with Gasteiger partial charge in [0.05, 0.1) is 5.39 Å². The average molecular weight is 276 g/mol. The molecule has 1 aliphatic rings. The summed E-state index contributed by atoms with van der Waals surface area (Å²) in [6.45, 7) is 2.75. The Kier molecular flexibility index (Phi) is 3.99. The van der Waals surface area contributed by atoms with Crippen molar-refractivity contribution >= 4 is 21.4 Å². The van der Waals surface area contributed by atoms with Crippen LogP contribution >= 0.6 is 11.3 Å². The molecule has 0 atom stereocenters. The third-order valence-electron chi connectivity index (χ3n) is 4.03. The summed E-state index contributed by atoms with van der Waals surface area (Å²) >= 11 is 1.63. The smallest absolute Gasteiger partial charge is 0.259 e. The number of thiophene rings is 1. The number of hydrogen-bond donors (Lipinski definition) is 1. The summed E-state index contributed by atoms with van der Waals surface area (Å²) in [7, 11) is 0. The van der Waals surface area contributed by atoms with Crippen LogP contribution in [-0.4, -0.2) is 17.7 Å². The number of nitrogens with zero attached hydrogens (tertiary/aromatic N) is 1. The third kappa shape index (κ3) is 2.90. The van der Waals surface area contributed by atoms with Crippen molar-refractivity contribution in [2.75, 3.05) is 13.1 Å². The van der Waals surface area contributed by atoms with Crippen LogP contribution in [-0.2, 0) is 6.54 Å².